The predicted molar refractivity (Wildman–Crippen MR) is 90.9 cm³/mol. The Balaban J connectivity index is 1.49. The van der Waals surface area contributed by atoms with Crippen molar-refractivity contribution in [1.29, 1.82) is 0 Å². The summed E-state index contributed by atoms with van der Waals surface area (Å²) in [5.41, 5.74) is 1.28. The normalized spacial score (nSPS) is 10.6. The second-order valence-corrected chi connectivity index (χ2v) is 6.26. The molecule has 1 heterocycles. The van der Waals surface area contributed by atoms with Gasteiger partial charge in [-0.05, 0) is 48.5 Å². The minimum Gasteiger partial charge on any atom is -0.356 e. The van der Waals surface area contributed by atoms with Crippen molar-refractivity contribution in [2.45, 2.75) is 11.4 Å². The molecule has 4 nitrogen and oxygen atoms in total. The molecule has 0 atom stereocenters. The second kappa shape index (κ2) is 7.94. The molecule has 3 rings (SSSR count). The highest BCUT2D eigenvalue weighted by molar-refractivity contribution is 8.00. The van der Waals surface area contributed by atoms with Gasteiger partial charge < -0.3 is 9.84 Å². The van der Waals surface area contributed by atoms with Crippen molar-refractivity contribution in [3.63, 3.8) is 0 Å². The molecule has 0 saturated carbocycles. The van der Waals surface area contributed by atoms with Gasteiger partial charge in [0.15, 0.2) is 5.76 Å². The number of halogens is 2. The third-order valence-corrected chi connectivity index (χ3v) is 4.35. The molecule has 1 amide bonds. The van der Waals surface area contributed by atoms with Gasteiger partial charge in [0.2, 0.25) is 5.91 Å². The van der Waals surface area contributed by atoms with E-state index in [0.29, 0.717) is 17.0 Å². The smallest absolute Gasteiger partial charge is 0.230 e. The molecule has 2 aromatic carbocycles. The second-order valence-electron chi connectivity index (χ2n) is 5.21. The number of carbonyl (C=O) groups is 1. The van der Waals surface area contributed by atoms with E-state index in [-0.39, 0.29) is 29.8 Å². The Hall–Kier alpha value is -2.67. The van der Waals surface area contributed by atoms with Crippen LogP contribution < -0.4 is 5.32 Å². The number of hydrogen-bond acceptors (Lipinski definition) is 4. The van der Waals surface area contributed by atoms with Gasteiger partial charge in [-0.25, -0.2) is 8.78 Å². The minimum atomic E-state index is -0.325. The standard InChI is InChI=1S/C18H14F2N2O2S/c19-13-3-1-12(2-4-13)17-9-15(22-24-17)10-21-18(23)11-25-16-7-5-14(20)6-8-16/h1-9H,10-11H2,(H,21,23). The fourth-order valence-electron chi connectivity index (χ4n) is 2.07. The fourth-order valence-corrected chi connectivity index (χ4v) is 2.79. The third kappa shape index (κ3) is 4.90. The predicted octanol–water partition coefficient (Wildman–Crippen LogP) is 4.03. The summed E-state index contributed by atoms with van der Waals surface area (Å²) in [6, 6.07) is 13.5. The van der Waals surface area contributed by atoms with Crippen LogP contribution in [0.2, 0.25) is 0 Å². The Morgan fingerprint density at radius 2 is 1.68 bits per heavy atom. The highest BCUT2D eigenvalue weighted by Gasteiger charge is 2.09. The van der Waals surface area contributed by atoms with Gasteiger partial charge >= 0.3 is 0 Å². The number of nitrogens with zero attached hydrogens (tertiary/aromatic N) is 1. The van der Waals surface area contributed by atoms with Crippen LogP contribution in [0.15, 0.2) is 64.0 Å². The highest BCUT2D eigenvalue weighted by atomic mass is 32.2. The topological polar surface area (TPSA) is 55.1 Å². The molecule has 0 saturated heterocycles. The van der Waals surface area contributed by atoms with Gasteiger partial charge in [-0.1, -0.05) is 5.16 Å². The zero-order valence-electron chi connectivity index (χ0n) is 13.0. The average Bonchev–Trinajstić information content (AvgIpc) is 3.09. The number of benzene rings is 2. The lowest BCUT2D eigenvalue weighted by Gasteiger charge is -2.03. The SMILES string of the molecule is O=C(CSc1ccc(F)cc1)NCc1cc(-c2ccc(F)cc2)on1. The summed E-state index contributed by atoms with van der Waals surface area (Å²) in [6.07, 6.45) is 0. The zero-order valence-corrected chi connectivity index (χ0v) is 13.9. The van der Waals surface area contributed by atoms with Crippen molar-refractivity contribution >= 4 is 17.7 Å². The molecule has 0 spiro atoms. The molecule has 0 aliphatic heterocycles. The van der Waals surface area contributed by atoms with E-state index >= 15 is 0 Å². The molecule has 128 valence electrons. The maximum Gasteiger partial charge on any atom is 0.230 e. The van der Waals surface area contributed by atoms with Gasteiger partial charge in [-0.2, -0.15) is 0 Å². The molecule has 0 aliphatic rings. The number of thioether (sulfide) groups is 1. The first kappa shape index (κ1) is 17.2. The van der Waals surface area contributed by atoms with E-state index in [2.05, 4.69) is 10.5 Å². The van der Waals surface area contributed by atoms with Gasteiger partial charge in [-0.3, -0.25) is 4.79 Å². The lowest BCUT2D eigenvalue weighted by molar-refractivity contribution is -0.118. The van der Waals surface area contributed by atoms with E-state index in [1.54, 1.807) is 30.3 Å². The molecular weight excluding hydrogens is 346 g/mol. The van der Waals surface area contributed by atoms with Crippen LogP contribution in [0.25, 0.3) is 11.3 Å². The molecular formula is C18H14F2N2O2S. The van der Waals surface area contributed by atoms with Crippen molar-refractivity contribution in [2.24, 2.45) is 0 Å². The van der Waals surface area contributed by atoms with Gasteiger partial charge in [0.1, 0.15) is 17.3 Å². The Labute approximate surface area is 147 Å². The van der Waals surface area contributed by atoms with Crippen molar-refractivity contribution in [1.82, 2.24) is 10.5 Å². The molecule has 1 aromatic heterocycles. The number of hydrogen-bond donors (Lipinski definition) is 1. The van der Waals surface area contributed by atoms with Crippen LogP contribution in [0.3, 0.4) is 0 Å². The molecule has 1 N–H and O–H groups in total. The maximum atomic E-state index is 12.9. The number of carbonyl (C=O) groups excluding carboxylic acids is 1. The first-order chi connectivity index (χ1) is 12.1. The van der Waals surface area contributed by atoms with Crippen molar-refractivity contribution in [2.75, 3.05) is 5.75 Å². The maximum absolute atomic E-state index is 12.9. The Morgan fingerprint density at radius 1 is 1.04 bits per heavy atom. The molecule has 0 aliphatic carbocycles. The van der Waals surface area contributed by atoms with Crippen LogP contribution in [0.1, 0.15) is 5.69 Å². The molecule has 0 bridgehead atoms. The highest BCUT2D eigenvalue weighted by Crippen LogP contribution is 2.21. The lowest BCUT2D eigenvalue weighted by Crippen LogP contribution is -2.24. The first-order valence-corrected chi connectivity index (χ1v) is 8.45. The Kier molecular flexibility index (Phi) is 5.45. The molecule has 3 aromatic rings. The van der Waals surface area contributed by atoms with Crippen LogP contribution >= 0.6 is 11.8 Å². The summed E-state index contributed by atoms with van der Waals surface area (Å²) in [5, 5.41) is 6.62. The van der Waals surface area contributed by atoms with E-state index in [4.69, 9.17) is 4.52 Å². The number of aromatic nitrogens is 1. The molecule has 0 unspecified atom stereocenters. The van der Waals surface area contributed by atoms with Crippen LogP contribution in [0.5, 0.6) is 0 Å². The van der Waals surface area contributed by atoms with Gasteiger partial charge in [0.05, 0.1) is 12.3 Å². The number of rotatable bonds is 6. The average molecular weight is 360 g/mol. The van der Waals surface area contributed by atoms with Crippen molar-refractivity contribution in [3.05, 3.63) is 71.9 Å². The number of amides is 1. The van der Waals surface area contributed by atoms with Crippen molar-refractivity contribution in [3.8, 4) is 11.3 Å². The van der Waals surface area contributed by atoms with Crippen LogP contribution in [-0.4, -0.2) is 16.8 Å². The van der Waals surface area contributed by atoms with Crippen LogP contribution in [0.4, 0.5) is 8.78 Å². The minimum absolute atomic E-state index is 0.166. The van der Waals surface area contributed by atoms with E-state index in [1.165, 1.54) is 36.0 Å². The zero-order chi connectivity index (χ0) is 17.6. The third-order valence-electron chi connectivity index (χ3n) is 3.34. The lowest BCUT2D eigenvalue weighted by atomic mass is 10.1. The monoisotopic (exact) mass is 360 g/mol. The molecule has 25 heavy (non-hydrogen) atoms. The van der Waals surface area contributed by atoms with Gasteiger partial charge in [0.25, 0.3) is 0 Å². The fraction of sp³-hybridized carbons (Fsp3) is 0.111. The largest absolute Gasteiger partial charge is 0.356 e. The van der Waals surface area contributed by atoms with Crippen molar-refractivity contribution < 1.29 is 18.1 Å². The van der Waals surface area contributed by atoms with E-state index < -0.39 is 0 Å². The molecule has 0 fully saturated rings. The van der Waals surface area contributed by atoms with E-state index in [1.807, 2.05) is 0 Å². The summed E-state index contributed by atoms with van der Waals surface area (Å²) < 4.78 is 30.9. The summed E-state index contributed by atoms with van der Waals surface area (Å²) in [4.78, 5) is 12.7. The molecule has 7 heteroatoms. The van der Waals surface area contributed by atoms with E-state index in [9.17, 15) is 13.6 Å². The Morgan fingerprint density at radius 3 is 2.36 bits per heavy atom. The first-order valence-electron chi connectivity index (χ1n) is 7.47. The molecule has 0 radical (unpaired) electrons. The van der Waals surface area contributed by atoms with Gasteiger partial charge in [0, 0.05) is 16.5 Å². The van der Waals surface area contributed by atoms with Crippen LogP contribution in [0, 0.1) is 11.6 Å². The summed E-state index contributed by atoms with van der Waals surface area (Å²) in [6.45, 7) is 0.230. The van der Waals surface area contributed by atoms with Gasteiger partial charge in [-0.15, -0.1) is 11.8 Å². The Bertz CT molecular complexity index is 848. The summed E-state index contributed by atoms with van der Waals surface area (Å²) in [7, 11) is 0. The number of nitrogens with one attached hydrogen (secondary N) is 1. The summed E-state index contributed by atoms with van der Waals surface area (Å²) in [5.74, 6) is -0.0781. The summed E-state index contributed by atoms with van der Waals surface area (Å²) >= 11 is 1.32. The van der Waals surface area contributed by atoms with Crippen LogP contribution in [-0.2, 0) is 11.3 Å². The van der Waals surface area contributed by atoms with E-state index in [0.717, 1.165) is 4.90 Å². The quantitative estimate of drug-likeness (QED) is 0.675.